The van der Waals surface area contributed by atoms with Gasteiger partial charge in [-0.1, -0.05) is 17.7 Å². The monoisotopic (exact) mass is 352 g/mol. The van der Waals surface area contributed by atoms with Crippen molar-refractivity contribution < 1.29 is 4.79 Å². The van der Waals surface area contributed by atoms with Crippen molar-refractivity contribution in [3.05, 3.63) is 56.8 Å². The first-order chi connectivity index (χ1) is 9.52. The van der Waals surface area contributed by atoms with Crippen molar-refractivity contribution in [2.75, 3.05) is 12.4 Å². The maximum Gasteiger partial charge on any atom is 0.187 e. The minimum Gasteiger partial charge on any atom is -0.387 e. The van der Waals surface area contributed by atoms with E-state index in [0.717, 1.165) is 21.3 Å². The number of anilines is 1. The molecule has 104 valence electrons. The Morgan fingerprint density at radius 3 is 2.85 bits per heavy atom. The van der Waals surface area contributed by atoms with Crippen LogP contribution >= 0.6 is 27.5 Å². The quantitative estimate of drug-likeness (QED) is 0.835. The van der Waals surface area contributed by atoms with Crippen molar-refractivity contribution in [1.29, 1.82) is 0 Å². The first kappa shape index (κ1) is 15.0. The van der Waals surface area contributed by atoms with E-state index in [0.29, 0.717) is 10.7 Å². The lowest BCUT2D eigenvalue weighted by Crippen LogP contribution is -2.09. The van der Waals surface area contributed by atoms with Gasteiger partial charge in [0.15, 0.2) is 5.78 Å². The summed E-state index contributed by atoms with van der Waals surface area (Å²) in [6.07, 6.45) is 1.83. The van der Waals surface area contributed by atoms with E-state index in [1.165, 1.54) is 0 Å². The molecule has 0 spiro atoms. The highest BCUT2D eigenvalue weighted by molar-refractivity contribution is 9.10. The Balaban J connectivity index is 2.35. The Hall–Kier alpha value is -1.39. The van der Waals surface area contributed by atoms with Gasteiger partial charge in [-0.05, 0) is 52.2 Å². The molecule has 1 N–H and O–H groups in total. The topological polar surface area (TPSA) is 42.0 Å². The highest BCUT2D eigenvalue weighted by atomic mass is 79.9. The Morgan fingerprint density at radius 2 is 2.20 bits per heavy atom. The molecule has 0 aliphatic heterocycles. The van der Waals surface area contributed by atoms with Gasteiger partial charge in [0.1, 0.15) is 5.69 Å². The van der Waals surface area contributed by atoms with Gasteiger partial charge in [-0.2, -0.15) is 0 Å². The molecule has 0 aliphatic carbocycles. The largest absolute Gasteiger partial charge is 0.387 e. The van der Waals surface area contributed by atoms with Gasteiger partial charge in [-0.3, -0.25) is 9.78 Å². The van der Waals surface area contributed by atoms with Gasteiger partial charge >= 0.3 is 0 Å². The summed E-state index contributed by atoms with van der Waals surface area (Å²) in [5, 5.41) is 3.49. The summed E-state index contributed by atoms with van der Waals surface area (Å²) in [5.41, 5.74) is 3.24. The molecule has 0 saturated heterocycles. The Labute approximate surface area is 131 Å². The number of rotatable bonds is 4. The standard InChI is InChI=1S/C15H14BrClN2O/c1-9-6-10(14(18-2)11(16)7-9)8-13(20)15-12(17)4-3-5-19-15/h3-7,18H,8H2,1-2H3. The molecule has 0 radical (unpaired) electrons. The lowest BCUT2D eigenvalue weighted by molar-refractivity contribution is 0.0988. The zero-order chi connectivity index (χ0) is 14.7. The molecule has 5 heteroatoms. The summed E-state index contributed by atoms with van der Waals surface area (Å²) in [7, 11) is 1.83. The lowest BCUT2D eigenvalue weighted by Gasteiger charge is -2.12. The van der Waals surface area contributed by atoms with Crippen LogP contribution < -0.4 is 5.32 Å². The number of aryl methyl sites for hydroxylation is 1. The summed E-state index contributed by atoms with van der Waals surface area (Å²) < 4.78 is 0.940. The molecule has 3 nitrogen and oxygen atoms in total. The van der Waals surface area contributed by atoms with Gasteiger partial charge < -0.3 is 5.32 Å². The third-order valence-corrected chi connectivity index (χ3v) is 3.87. The third kappa shape index (κ3) is 3.19. The zero-order valence-electron chi connectivity index (χ0n) is 11.2. The van der Waals surface area contributed by atoms with Crippen LogP contribution in [0.3, 0.4) is 0 Å². The van der Waals surface area contributed by atoms with Crippen molar-refractivity contribution in [2.45, 2.75) is 13.3 Å². The van der Waals surface area contributed by atoms with Crippen molar-refractivity contribution >= 4 is 39.0 Å². The van der Waals surface area contributed by atoms with E-state index < -0.39 is 0 Å². The predicted molar refractivity (Wildman–Crippen MR) is 85.7 cm³/mol. The van der Waals surface area contributed by atoms with Crippen LogP contribution in [-0.4, -0.2) is 17.8 Å². The number of hydrogen-bond donors (Lipinski definition) is 1. The van der Waals surface area contributed by atoms with Crippen LogP contribution in [0.5, 0.6) is 0 Å². The van der Waals surface area contributed by atoms with Crippen LogP contribution in [0.1, 0.15) is 21.6 Å². The van der Waals surface area contributed by atoms with E-state index in [4.69, 9.17) is 11.6 Å². The van der Waals surface area contributed by atoms with E-state index in [9.17, 15) is 4.79 Å². The van der Waals surface area contributed by atoms with Crippen LogP contribution in [0.2, 0.25) is 5.02 Å². The molecule has 0 amide bonds. The van der Waals surface area contributed by atoms with Gasteiger partial charge in [-0.25, -0.2) is 0 Å². The zero-order valence-corrected chi connectivity index (χ0v) is 13.5. The molecule has 0 bridgehead atoms. The van der Waals surface area contributed by atoms with E-state index in [2.05, 4.69) is 26.2 Å². The second kappa shape index (κ2) is 6.37. The predicted octanol–water partition coefficient (Wildman–Crippen LogP) is 4.27. The SMILES string of the molecule is CNc1c(Br)cc(C)cc1CC(=O)c1ncccc1Cl. The number of pyridine rings is 1. The van der Waals surface area contributed by atoms with Crippen LogP contribution in [0.25, 0.3) is 0 Å². The molecule has 0 atom stereocenters. The van der Waals surface area contributed by atoms with Crippen molar-refractivity contribution in [1.82, 2.24) is 4.98 Å². The molecule has 0 aliphatic rings. The van der Waals surface area contributed by atoms with Crippen molar-refractivity contribution in [3.8, 4) is 0 Å². The number of halogens is 2. The lowest BCUT2D eigenvalue weighted by atomic mass is 10.0. The fourth-order valence-corrected chi connectivity index (χ4v) is 3.12. The molecule has 1 aromatic heterocycles. The molecule has 0 fully saturated rings. The van der Waals surface area contributed by atoms with E-state index in [-0.39, 0.29) is 12.2 Å². The number of carbonyl (C=O) groups excluding carboxylic acids is 1. The van der Waals surface area contributed by atoms with E-state index in [1.807, 2.05) is 26.1 Å². The highest BCUT2D eigenvalue weighted by Gasteiger charge is 2.15. The number of nitrogens with one attached hydrogen (secondary N) is 1. The van der Waals surface area contributed by atoms with Crippen molar-refractivity contribution in [3.63, 3.8) is 0 Å². The average molecular weight is 354 g/mol. The second-order valence-corrected chi connectivity index (χ2v) is 5.73. The van der Waals surface area contributed by atoms with E-state index in [1.54, 1.807) is 18.3 Å². The Bertz CT molecular complexity index is 658. The molecular weight excluding hydrogens is 340 g/mol. The molecule has 2 rings (SSSR count). The van der Waals surface area contributed by atoms with Gasteiger partial charge in [0.25, 0.3) is 0 Å². The number of ketones is 1. The summed E-state index contributed by atoms with van der Waals surface area (Å²) in [4.78, 5) is 16.4. The normalized spacial score (nSPS) is 10.4. The van der Waals surface area contributed by atoms with Gasteiger partial charge in [0.2, 0.25) is 0 Å². The highest BCUT2D eigenvalue weighted by Crippen LogP contribution is 2.29. The van der Waals surface area contributed by atoms with E-state index >= 15 is 0 Å². The first-order valence-electron chi connectivity index (χ1n) is 6.13. The van der Waals surface area contributed by atoms with Gasteiger partial charge in [-0.15, -0.1) is 0 Å². The first-order valence-corrected chi connectivity index (χ1v) is 7.30. The molecule has 0 saturated carbocycles. The Morgan fingerprint density at radius 1 is 1.45 bits per heavy atom. The fourth-order valence-electron chi connectivity index (χ4n) is 2.08. The maximum absolute atomic E-state index is 12.3. The molecule has 1 heterocycles. The van der Waals surface area contributed by atoms with Crippen LogP contribution in [0.15, 0.2) is 34.9 Å². The summed E-state index contributed by atoms with van der Waals surface area (Å²) in [6, 6.07) is 7.38. The Kier molecular flexibility index (Phi) is 4.78. The molecule has 1 aromatic carbocycles. The molecular formula is C15H14BrClN2O. The molecule has 0 unspecified atom stereocenters. The van der Waals surface area contributed by atoms with Crippen LogP contribution in [-0.2, 0) is 6.42 Å². The number of aromatic nitrogens is 1. The molecule has 20 heavy (non-hydrogen) atoms. The average Bonchev–Trinajstić information content (AvgIpc) is 2.38. The van der Waals surface area contributed by atoms with Crippen LogP contribution in [0, 0.1) is 6.92 Å². The number of benzene rings is 1. The smallest absolute Gasteiger partial charge is 0.187 e. The minimum absolute atomic E-state index is 0.0930. The summed E-state index contributed by atoms with van der Waals surface area (Å²) in [6.45, 7) is 1.99. The third-order valence-electron chi connectivity index (χ3n) is 2.94. The number of hydrogen-bond acceptors (Lipinski definition) is 3. The number of Topliss-reactive ketones (excluding diaryl/α,β-unsaturated/α-hetero) is 1. The van der Waals surface area contributed by atoms with Crippen LogP contribution in [0.4, 0.5) is 5.69 Å². The van der Waals surface area contributed by atoms with Gasteiger partial charge in [0, 0.05) is 24.1 Å². The molecule has 2 aromatic rings. The minimum atomic E-state index is -0.0930. The summed E-state index contributed by atoms with van der Waals surface area (Å²) >= 11 is 9.52. The number of carbonyl (C=O) groups is 1. The fraction of sp³-hybridized carbons (Fsp3) is 0.200. The maximum atomic E-state index is 12.3. The second-order valence-electron chi connectivity index (χ2n) is 4.46. The van der Waals surface area contributed by atoms with Crippen molar-refractivity contribution in [2.24, 2.45) is 0 Å². The summed E-state index contributed by atoms with van der Waals surface area (Å²) in [5.74, 6) is -0.0930. The number of nitrogens with zero attached hydrogens (tertiary/aromatic N) is 1. The van der Waals surface area contributed by atoms with Gasteiger partial charge in [0.05, 0.1) is 10.7 Å².